The second-order valence-electron chi connectivity index (χ2n) is 9.34. The SMILES string of the molecule is CCCCCC/C=C\CCCCCCCC(=O)OC[C@H]1O[C@@H](n2cc(C)c(=O)[nH]c2=O)[C@@H](O)[C@@H]1O. The van der Waals surface area contributed by atoms with Crippen LogP contribution in [0.4, 0.5) is 0 Å². The van der Waals surface area contributed by atoms with Gasteiger partial charge in [0.05, 0.1) is 0 Å². The third kappa shape index (κ3) is 9.74. The van der Waals surface area contributed by atoms with E-state index in [9.17, 15) is 24.6 Å². The van der Waals surface area contributed by atoms with Crippen molar-refractivity contribution in [3.8, 4) is 0 Å². The molecule has 1 saturated heterocycles. The molecule has 0 bridgehead atoms. The van der Waals surface area contributed by atoms with Crippen LogP contribution in [-0.4, -0.2) is 50.7 Å². The standard InChI is InChI=1S/C26H42N2O7/c1-3-4-5-6-7-8-9-10-11-12-13-14-15-16-21(29)34-18-20-22(30)23(31)25(35-20)28-17-19(2)24(32)27-26(28)33/h8-9,17,20,22-23,25,30-31H,3-7,10-16,18H2,1-2H3,(H,27,32,33)/b9-8-/t20-,22-,23+,25-/m1/s1. The van der Waals surface area contributed by atoms with Gasteiger partial charge in [0.1, 0.15) is 24.9 Å². The summed E-state index contributed by atoms with van der Waals surface area (Å²) in [4.78, 5) is 37.8. The number of esters is 1. The zero-order chi connectivity index (χ0) is 25.6. The number of aromatic nitrogens is 2. The Morgan fingerprint density at radius 2 is 1.66 bits per heavy atom. The summed E-state index contributed by atoms with van der Waals surface area (Å²) in [5, 5.41) is 20.6. The van der Waals surface area contributed by atoms with Gasteiger partial charge < -0.3 is 19.7 Å². The smallest absolute Gasteiger partial charge is 0.330 e. The van der Waals surface area contributed by atoms with Crippen LogP contribution in [0.5, 0.6) is 0 Å². The Morgan fingerprint density at radius 3 is 2.34 bits per heavy atom. The molecule has 1 aliphatic heterocycles. The first-order valence-corrected chi connectivity index (χ1v) is 13.0. The predicted octanol–water partition coefficient (Wildman–Crippen LogP) is 3.26. The Labute approximate surface area is 207 Å². The molecule has 0 aromatic carbocycles. The fourth-order valence-electron chi connectivity index (χ4n) is 4.11. The molecule has 0 radical (unpaired) electrons. The van der Waals surface area contributed by atoms with Gasteiger partial charge in [-0.15, -0.1) is 0 Å². The molecular formula is C26H42N2O7. The van der Waals surface area contributed by atoms with Crippen LogP contribution in [0, 0.1) is 6.92 Å². The maximum absolute atomic E-state index is 12.1. The summed E-state index contributed by atoms with van der Waals surface area (Å²) < 4.78 is 11.8. The molecule has 198 valence electrons. The molecule has 1 aromatic rings. The third-order valence-electron chi connectivity index (χ3n) is 6.31. The van der Waals surface area contributed by atoms with E-state index in [1.54, 1.807) is 0 Å². The number of hydrogen-bond donors (Lipinski definition) is 3. The normalized spacial score (nSPS) is 22.2. The highest BCUT2D eigenvalue weighted by Crippen LogP contribution is 2.28. The fourth-order valence-corrected chi connectivity index (χ4v) is 4.11. The van der Waals surface area contributed by atoms with E-state index < -0.39 is 35.8 Å². The zero-order valence-corrected chi connectivity index (χ0v) is 21.1. The number of aliphatic hydroxyl groups is 2. The predicted molar refractivity (Wildman–Crippen MR) is 133 cm³/mol. The number of aryl methyl sites for hydroxylation is 1. The van der Waals surface area contributed by atoms with Gasteiger partial charge >= 0.3 is 11.7 Å². The maximum atomic E-state index is 12.1. The second-order valence-corrected chi connectivity index (χ2v) is 9.34. The summed E-state index contributed by atoms with van der Waals surface area (Å²) in [6.45, 7) is 3.51. The highest BCUT2D eigenvalue weighted by atomic mass is 16.6. The topological polar surface area (TPSA) is 131 Å². The van der Waals surface area contributed by atoms with Crippen LogP contribution in [0.15, 0.2) is 27.9 Å². The first-order chi connectivity index (χ1) is 16.8. The van der Waals surface area contributed by atoms with Crippen LogP contribution in [0.1, 0.15) is 95.8 Å². The molecule has 0 spiro atoms. The number of aromatic amines is 1. The van der Waals surface area contributed by atoms with Crippen LogP contribution in [0.3, 0.4) is 0 Å². The molecule has 3 N–H and O–H groups in total. The molecule has 9 nitrogen and oxygen atoms in total. The average molecular weight is 495 g/mol. The Hall–Kier alpha value is -2.23. The van der Waals surface area contributed by atoms with Gasteiger partial charge in [0.2, 0.25) is 0 Å². The molecule has 1 aliphatic rings. The Kier molecular flexibility index (Phi) is 13.0. The number of carbonyl (C=O) groups excluding carboxylic acids is 1. The lowest BCUT2D eigenvalue weighted by Crippen LogP contribution is -2.38. The van der Waals surface area contributed by atoms with Crippen molar-refractivity contribution in [1.82, 2.24) is 9.55 Å². The lowest BCUT2D eigenvalue weighted by Gasteiger charge is -2.17. The Bertz CT molecular complexity index is 908. The molecule has 35 heavy (non-hydrogen) atoms. The molecule has 2 rings (SSSR count). The van der Waals surface area contributed by atoms with Gasteiger partial charge in [-0.2, -0.15) is 0 Å². The van der Waals surface area contributed by atoms with Crippen LogP contribution >= 0.6 is 0 Å². The van der Waals surface area contributed by atoms with Crippen LogP contribution in [-0.2, 0) is 14.3 Å². The van der Waals surface area contributed by atoms with E-state index in [1.165, 1.54) is 45.2 Å². The molecule has 0 unspecified atom stereocenters. The minimum absolute atomic E-state index is 0.227. The summed E-state index contributed by atoms with van der Waals surface area (Å²) in [6.07, 6.45) is 13.7. The number of rotatable bonds is 16. The summed E-state index contributed by atoms with van der Waals surface area (Å²) in [5.41, 5.74) is -1.03. The van der Waals surface area contributed by atoms with E-state index in [4.69, 9.17) is 9.47 Å². The van der Waals surface area contributed by atoms with Gasteiger partial charge in [-0.1, -0.05) is 57.6 Å². The summed E-state index contributed by atoms with van der Waals surface area (Å²) >= 11 is 0. The van der Waals surface area contributed by atoms with Crippen molar-refractivity contribution < 1.29 is 24.5 Å². The number of hydrogen-bond acceptors (Lipinski definition) is 7. The highest BCUT2D eigenvalue weighted by molar-refractivity contribution is 5.69. The van der Waals surface area contributed by atoms with Crippen molar-refractivity contribution in [1.29, 1.82) is 0 Å². The minimum Gasteiger partial charge on any atom is -0.463 e. The van der Waals surface area contributed by atoms with Gasteiger partial charge in [-0.3, -0.25) is 19.1 Å². The largest absolute Gasteiger partial charge is 0.463 e. The van der Waals surface area contributed by atoms with Crippen molar-refractivity contribution in [2.75, 3.05) is 6.61 Å². The van der Waals surface area contributed by atoms with E-state index in [-0.39, 0.29) is 24.6 Å². The monoisotopic (exact) mass is 494 g/mol. The van der Waals surface area contributed by atoms with Crippen molar-refractivity contribution in [2.24, 2.45) is 0 Å². The zero-order valence-electron chi connectivity index (χ0n) is 21.1. The number of nitrogens with zero attached hydrogens (tertiary/aromatic N) is 1. The van der Waals surface area contributed by atoms with Crippen molar-refractivity contribution in [3.63, 3.8) is 0 Å². The van der Waals surface area contributed by atoms with Crippen molar-refractivity contribution >= 4 is 5.97 Å². The van der Waals surface area contributed by atoms with Crippen LogP contribution in [0.25, 0.3) is 0 Å². The van der Waals surface area contributed by atoms with E-state index >= 15 is 0 Å². The van der Waals surface area contributed by atoms with Gasteiger partial charge in [0.25, 0.3) is 5.56 Å². The molecule has 4 atom stereocenters. The average Bonchev–Trinajstić information content (AvgIpc) is 3.11. The van der Waals surface area contributed by atoms with Crippen LogP contribution < -0.4 is 11.2 Å². The Balaban J connectivity index is 1.59. The van der Waals surface area contributed by atoms with E-state index in [1.807, 2.05) is 0 Å². The third-order valence-corrected chi connectivity index (χ3v) is 6.31. The number of carbonyl (C=O) groups is 1. The Morgan fingerprint density at radius 1 is 1.03 bits per heavy atom. The number of unbranched alkanes of at least 4 members (excludes halogenated alkanes) is 9. The quantitative estimate of drug-likeness (QED) is 0.183. The molecule has 0 aliphatic carbocycles. The molecule has 2 heterocycles. The number of ether oxygens (including phenoxy) is 2. The minimum atomic E-state index is -1.40. The van der Waals surface area contributed by atoms with Crippen molar-refractivity contribution in [2.45, 2.75) is 115 Å². The molecule has 1 fully saturated rings. The summed E-state index contributed by atoms with van der Waals surface area (Å²) in [5.74, 6) is -0.387. The van der Waals surface area contributed by atoms with E-state index in [0.29, 0.717) is 0 Å². The van der Waals surface area contributed by atoms with E-state index in [2.05, 4.69) is 24.1 Å². The van der Waals surface area contributed by atoms with Crippen molar-refractivity contribution in [3.05, 3.63) is 44.8 Å². The number of nitrogens with one attached hydrogen (secondary N) is 1. The molecule has 1 aromatic heterocycles. The number of H-pyrrole nitrogens is 1. The van der Waals surface area contributed by atoms with Crippen LogP contribution in [0.2, 0.25) is 0 Å². The van der Waals surface area contributed by atoms with Gasteiger partial charge in [0.15, 0.2) is 6.23 Å². The van der Waals surface area contributed by atoms with Gasteiger partial charge in [0, 0.05) is 18.2 Å². The summed E-state index contributed by atoms with van der Waals surface area (Å²) in [6, 6.07) is 0. The lowest BCUT2D eigenvalue weighted by molar-refractivity contribution is -0.150. The molecule has 9 heteroatoms. The first kappa shape index (κ1) is 29.0. The van der Waals surface area contributed by atoms with Gasteiger partial charge in [-0.05, 0) is 39.0 Å². The molecule has 0 amide bonds. The maximum Gasteiger partial charge on any atom is 0.330 e. The second kappa shape index (κ2) is 15.7. The van der Waals surface area contributed by atoms with Gasteiger partial charge in [-0.25, -0.2) is 4.79 Å². The molecular weight excluding hydrogens is 452 g/mol. The van der Waals surface area contributed by atoms with E-state index in [0.717, 1.165) is 43.1 Å². The highest BCUT2D eigenvalue weighted by Gasteiger charge is 2.44. The first-order valence-electron chi connectivity index (χ1n) is 13.0. The fraction of sp³-hybridized carbons (Fsp3) is 0.731. The summed E-state index contributed by atoms with van der Waals surface area (Å²) in [7, 11) is 0. The lowest BCUT2D eigenvalue weighted by atomic mass is 10.1. The molecule has 0 saturated carbocycles. The number of aliphatic hydroxyl groups excluding tert-OH is 2. The number of allylic oxidation sites excluding steroid dienone is 2.